The summed E-state index contributed by atoms with van der Waals surface area (Å²) >= 11 is 0. The van der Waals surface area contributed by atoms with E-state index >= 15 is 0 Å². The van der Waals surface area contributed by atoms with Crippen molar-refractivity contribution in [2.24, 2.45) is 0 Å². The molecule has 0 spiro atoms. The number of aromatic nitrogens is 2. The zero-order valence-electron chi connectivity index (χ0n) is 12.5. The van der Waals surface area contributed by atoms with E-state index in [0.717, 1.165) is 17.8 Å². The normalized spacial score (nSPS) is 10.2. The van der Waals surface area contributed by atoms with Crippen LogP contribution in [0.15, 0.2) is 18.2 Å². The SMILES string of the molecule is C#CCn1c(CC)nc(-c2ccc(OC)c(OC)c2)c1N. The lowest BCUT2D eigenvalue weighted by molar-refractivity contribution is 0.355. The lowest BCUT2D eigenvalue weighted by Gasteiger charge is -2.09. The van der Waals surface area contributed by atoms with Gasteiger partial charge in [0.15, 0.2) is 11.5 Å². The fraction of sp³-hybridized carbons (Fsp3) is 0.312. The maximum atomic E-state index is 6.19. The third kappa shape index (κ3) is 2.65. The first-order valence-electron chi connectivity index (χ1n) is 6.66. The van der Waals surface area contributed by atoms with Gasteiger partial charge in [0.25, 0.3) is 0 Å². The van der Waals surface area contributed by atoms with Gasteiger partial charge in [-0.15, -0.1) is 6.42 Å². The van der Waals surface area contributed by atoms with Crippen LogP contribution >= 0.6 is 0 Å². The van der Waals surface area contributed by atoms with Crippen molar-refractivity contribution in [1.29, 1.82) is 0 Å². The van der Waals surface area contributed by atoms with Gasteiger partial charge < -0.3 is 19.8 Å². The Kier molecular flexibility index (Phi) is 4.39. The summed E-state index contributed by atoms with van der Waals surface area (Å²) in [6.45, 7) is 2.43. The molecule has 1 aromatic carbocycles. The molecule has 0 amide bonds. The van der Waals surface area contributed by atoms with Gasteiger partial charge in [0.2, 0.25) is 0 Å². The minimum atomic E-state index is 0.412. The number of terminal acetylenes is 1. The highest BCUT2D eigenvalue weighted by atomic mass is 16.5. The highest BCUT2D eigenvalue weighted by Crippen LogP contribution is 2.34. The number of aryl methyl sites for hydroxylation is 1. The van der Waals surface area contributed by atoms with E-state index in [4.69, 9.17) is 21.6 Å². The van der Waals surface area contributed by atoms with Crippen LogP contribution in [-0.4, -0.2) is 23.8 Å². The summed E-state index contributed by atoms with van der Waals surface area (Å²) in [6, 6.07) is 5.59. The lowest BCUT2D eigenvalue weighted by atomic mass is 10.1. The summed E-state index contributed by atoms with van der Waals surface area (Å²) in [4.78, 5) is 4.59. The third-order valence-electron chi connectivity index (χ3n) is 3.31. The molecule has 1 heterocycles. The van der Waals surface area contributed by atoms with Crippen LogP contribution in [-0.2, 0) is 13.0 Å². The molecule has 0 fully saturated rings. The number of hydrogen-bond donors (Lipinski definition) is 1. The number of benzene rings is 1. The molecule has 0 aliphatic rings. The Morgan fingerprint density at radius 1 is 1.29 bits per heavy atom. The number of nitrogens with zero attached hydrogens (tertiary/aromatic N) is 2. The molecule has 0 unspecified atom stereocenters. The van der Waals surface area contributed by atoms with Gasteiger partial charge in [0.05, 0.1) is 20.8 Å². The predicted octanol–water partition coefficient (Wildman–Crippen LogP) is 2.35. The van der Waals surface area contributed by atoms with Crippen molar-refractivity contribution in [3.63, 3.8) is 0 Å². The highest BCUT2D eigenvalue weighted by molar-refractivity contribution is 5.73. The van der Waals surface area contributed by atoms with Gasteiger partial charge in [-0.25, -0.2) is 4.98 Å². The second-order valence-corrected chi connectivity index (χ2v) is 4.48. The Balaban J connectivity index is 2.54. The summed E-state index contributed by atoms with van der Waals surface area (Å²) in [6.07, 6.45) is 6.16. The molecule has 0 saturated carbocycles. The average molecular weight is 285 g/mol. The molecule has 21 heavy (non-hydrogen) atoms. The molecule has 1 aromatic heterocycles. The zero-order chi connectivity index (χ0) is 15.4. The molecule has 0 atom stereocenters. The maximum absolute atomic E-state index is 6.19. The minimum Gasteiger partial charge on any atom is -0.493 e. The molecule has 2 aromatic rings. The van der Waals surface area contributed by atoms with E-state index in [1.54, 1.807) is 14.2 Å². The largest absolute Gasteiger partial charge is 0.493 e. The number of anilines is 1. The Hall–Kier alpha value is -2.61. The van der Waals surface area contributed by atoms with Crippen LogP contribution in [0.4, 0.5) is 5.82 Å². The van der Waals surface area contributed by atoms with Crippen molar-refractivity contribution in [1.82, 2.24) is 9.55 Å². The quantitative estimate of drug-likeness (QED) is 0.857. The Morgan fingerprint density at radius 2 is 2.00 bits per heavy atom. The van der Waals surface area contributed by atoms with Gasteiger partial charge >= 0.3 is 0 Å². The zero-order valence-corrected chi connectivity index (χ0v) is 12.5. The van der Waals surface area contributed by atoms with Gasteiger partial charge in [-0.3, -0.25) is 0 Å². The van der Waals surface area contributed by atoms with Gasteiger partial charge in [-0.1, -0.05) is 12.8 Å². The number of nitrogen functional groups attached to an aromatic ring is 1. The summed E-state index contributed by atoms with van der Waals surface area (Å²) in [5.41, 5.74) is 7.77. The fourth-order valence-electron chi connectivity index (χ4n) is 2.25. The Morgan fingerprint density at radius 3 is 2.57 bits per heavy atom. The van der Waals surface area contributed by atoms with Gasteiger partial charge in [-0.2, -0.15) is 0 Å². The molecule has 2 N–H and O–H groups in total. The molecule has 2 rings (SSSR count). The van der Waals surface area contributed by atoms with E-state index in [1.165, 1.54) is 0 Å². The van der Waals surface area contributed by atoms with Crippen molar-refractivity contribution in [3.8, 4) is 35.1 Å². The van der Waals surface area contributed by atoms with E-state index in [9.17, 15) is 0 Å². The second kappa shape index (κ2) is 6.23. The van der Waals surface area contributed by atoms with Crippen LogP contribution in [0.2, 0.25) is 0 Å². The lowest BCUT2D eigenvalue weighted by Crippen LogP contribution is -2.05. The van der Waals surface area contributed by atoms with Crippen molar-refractivity contribution in [2.45, 2.75) is 19.9 Å². The smallest absolute Gasteiger partial charge is 0.161 e. The maximum Gasteiger partial charge on any atom is 0.161 e. The van der Waals surface area contributed by atoms with Crippen molar-refractivity contribution in [2.75, 3.05) is 20.0 Å². The van der Waals surface area contributed by atoms with Gasteiger partial charge in [0.1, 0.15) is 17.3 Å². The highest BCUT2D eigenvalue weighted by Gasteiger charge is 2.16. The molecule has 110 valence electrons. The van der Waals surface area contributed by atoms with E-state index in [0.29, 0.717) is 29.6 Å². The molecule has 5 nitrogen and oxygen atoms in total. The van der Waals surface area contributed by atoms with E-state index in [2.05, 4.69) is 10.9 Å². The van der Waals surface area contributed by atoms with Gasteiger partial charge in [-0.05, 0) is 18.2 Å². The topological polar surface area (TPSA) is 62.3 Å². The number of hydrogen-bond acceptors (Lipinski definition) is 4. The first-order chi connectivity index (χ1) is 10.2. The fourth-order valence-corrected chi connectivity index (χ4v) is 2.25. The molecule has 0 radical (unpaired) electrons. The van der Waals surface area contributed by atoms with Crippen LogP contribution in [0.5, 0.6) is 11.5 Å². The van der Waals surface area contributed by atoms with Crippen molar-refractivity contribution < 1.29 is 9.47 Å². The van der Waals surface area contributed by atoms with Gasteiger partial charge in [0, 0.05) is 12.0 Å². The summed E-state index contributed by atoms with van der Waals surface area (Å²) in [5, 5.41) is 0. The number of ether oxygens (including phenoxy) is 2. The molecular formula is C16H19N3O2. The molecular weight excluding hydrogens is 266 g/mol. The molecule has 0 aliphatic heterocycles. The standard InChI is InChI=1S/C16H19N3O2/c1-5-9-19-14(6-2)18-15(16(19)17)11-7-8-12(20-3)13(10-11)21-4/h1,7-8,10H,6,9,17H2,2-4H3. The summed E-state index contributed by atoms with van der Waals surface area (Å²) < 4.78 is 12.4. The van der Waals surface area contributed by atoms with Crippen LogP contribution in [0.3, 0.4) is 0 Å². The second-order valence-electron chi connectivity index (χ2n) is 4.48. The van der Waals surface area contributed by atoms with Crippen LogP contribution in [0.25, 0.3) is 11.3 Å². The van der Waals surface area contributed by atoms with E-state index in [1.807, 2.05) is 29.7 Å². The predicted molar refractivity (Wildman–Crippen MR) is 83.4 cm³/mol. The van der Waals surface area contributed by atoms with Crippen LogP contribution < -0.4 is 15.2 Å². The Labute approximate surface area is 124 Å². The summed E-state index contributed by atoms with van der Waals surface area (Å²) in [5.74, 6) is 5.34. The molecule has 0 saturated heterocycles. The van der Waals surface area contributed by atoms with Crippen molar-refractivity contribution in [3.05, 3.63) is 24.0 Å². The molecule has 5 heteroatoms. The molecule has 0 aliphatic carbocycles. The summed E-state index contributed by atoms with van der Waals surface area (Å²) in [7, 11) is 3.20. The number of rotatable bonds is 5. The van der Waals surface area contributed by atoms with E-state index < -0.39 is 0 Å². The number of nitrogens with two attached hydrogens (primary N) is 1. The van der Waals surface area contributed by atoms with Crippen LogP contribution in [0, 0.1) is 12.3 Å². The first kappa shape index (κ1) is 14.8. The minimum absolute atomic E-state index is 0.412. The first-order valence-corrected chi connectivity index (χ1v) is 6.66. The van der Waals surface area contributed by atoms with Crippen LogP contribution in [0.1, 0.15) is 12.7 Å². The molecule has 0 bridgehead atoms. The van der Waals surface area contributed by atoms with Crippen molar-refractivity contribution >= 4 is 5.82 Å². The number of methoxy groups -OCH3 is 2. The monoisotopic (exact) mass is 285 g/mol. The average Bonchev–Trinajstić information content (AvgIpc) is 2.83. The third-order valence-corrected chi connectivity index (χ3v) is 3.31. The van der Waals surface area contributed by atoms with E-state index in [-0.39, 0.29) is 0 Å². The Bertz CT molecular complexity index is 684. The number of imidazole rings is 1.